The van der Waals surface area contributed by atoms with E-state index in [1.807, 2.05) is 0 Å². The van der Waals surface area contributed by atoms with Crippen LogP contribution in [0.15, 0.2) is 24.3 Å². The summed E-state index contributed by atoms with van der Waals surface area (Å²) in [4.78, 5) is 25.5. The van der Waals surface area contributed by atoms with Gasteiger partial charge in [-0.25, -0.2) is 14.1 Å². The molecule has 1 N–H and O–H groups in total. The number of benzene rings is 1. The lowest BCUT2D eigenvalue weighted by molar-refractivity contribution is -0.128. The van der Waals surface area contributed by atoms with Gasteiger partial charge in [-0.1, -0.05) is 6.07 Å². The molecule has 1 aromatic carbocycles. The topological polar surface area (TPSA) is 58.6 Å². The van der Waals surface area contributed by atoms with Gasteiger partial charge in [0.2, 0.25) is 5.91 Å². The van der Waals surface area contributed by atoms with E-state index in [2.05, 4.69) is 5.32 Å². The van der Waals surface area contributed by atoms with Gasteiger partial charge in [-0.15, -0.1) is 0 Å². The van der Waals surface area contributed by atoms with E-state index in [9.17, 15) is 14.0 Å². The number of nitrogens with zero attached hydrogens (tertiary/aromatic N) is 1. The molecular weight excluding hydrogens is 251 g/mol. The Bertz CT molecular complexity index is 563. The van der Waals surface area contributed by atoms with E-state index >= 15 is 0 Å². The molecule has 1 aromatic rings. The SMILES string of the molecule is CC12COCC1NC(=O)N(c1cccc(F)c1)C2=O. The van der Waals surface area contributed by atoms with Crippen molar-refractivity contribution in [1.82, 2.24) is 5.32 Å². The zero-order valence-electron chi connectivity index (χ0n) is 10.4. The molecule has 5 nitrogen and oxygen atoms in total. The second-order valence-corrected chi connectivity index (χ2v) is 5.06. The molecule has 2 atom stereocenters. The number of anilines is 1. The minimum Gasteiger partial charge on any atom is -0.378 e. The number of amides is 3. The van der Waals surface area contributed by atoms with Crippen molar-refractivity contribution in [2.24, 2.45) is 5.41 Å². The Morgan fingerprint density at radius 2 is 2.26 bits per heavy atom. The molecule has 2 unspecified atom stereocenters. The number of hydrogen-bond acceptors (Lipinski definition) is 3. The van der Waals surface area contributed by atoms with Crippen molar-refractivity contribution >= 4 is 17.6 Å². The number of imide groups is 1. The van der Waals surface area contributed by atoms with Crippen molar-refractivity contribution in [3.05, 3.63) is 30.1 Å². The minimum atomic E-state index is -0.791. The Labute approximate surface area is 109 Å². The van der Waals surface area contributed by atoms with Crippen LogP contribution in [0.5, 0.6) is 0 Å². The summed E-state index contributed by atoms with van der Waals surface area (Å²) in [6.07, 6.45) is 0. The summed E-state index contributed by atoms with van der Waals surface area (Å²) in [6.45, 7) is 2.33. The molecular formula is C13H13FN2O3. The van der Waals surface area contributed by atoms with Crippen molar-refractivity contribution in [3.8, 4) is 0 Å². The van der Waals surface area contributed by atoms with Gasteiger partial charge < -0.3 is 10.1 Å². The number of ether oxygens (including phenoxy) is 1. The average molecular weight is 264 g/mol. The lowest BCUT2D eigenvalue weighted by Gasteiger charge is -2.39. The smallest absolute Gasteiger partial charge is 0.329 e. The lowest BCUT2D eigenvalue weighted by Crippen LogP contribution is -2.65. The van der Waals surface area contributed by atoms with Gasteiger partial charge in [0.1, 0.15) is 5.82 Å². The van der Waals surface area contributed by atoms with Crippen LogP contribution in [0.3, 0.4) is 0 Å². The van der Waals surface area contributed by atoms with Crippen molar-refractivity contribution < 1.29 is 18.7 Å². The molecule has 2 heterocycles. The molecule has 19 heavy (non-hydrogen) atoms. The van der Waals surface area contributed by atoms with Crippen LogP contribution in [0.2, 0.25) is 0 Å². The molecule has 2 fully saturated rings. The van der Waals surface area contributed by atoms with E-state index in [1.165, 1.54) is 18.2 Å². The largest absolute Gasteiger partial charge is 0.378 e. The Morgan fingerprint density at radius 3 is 3.00 bits per heavy atom. The van der Waals surface area contributed by atoms with Crippen molar-refractivity contribution in [1.29, 1.82) is 0 Å². The Balaban J connectivity index is 2.02. The van der Waals surface area contributed by atoms with Gasteiger partial charge in [-0.3, -0.25) is 4.79 Å². The van der Waals surface area contributed by atoms with Crippen LogP contribution in [-0.4, -0.2) is 31.2 Å². The van der Waals surface area contributed by atoms with Gasteiger partial charge in [0.15, 0.2) is 0 Å². The number of nitrogens with one attached hydrogen (secondary N) is 1. The third kappa shape index (κ3) is 1.71. The summed E-state index contributed by atoms with van der Waals surface area (Å²) in [5.41, 5.74) is -0.561. The fraction of sp³-hybridized carbons (Fsp3) is 0.385. The van der Waals surface area contributed by atoms with Crippen molar-refractivity contribution in [2.75, 3.05) is 18.1 Å². The van der Waals surface area contributed by atoms with Crippen LogP contribution < -0.4 is 10.2 Å². The molecule has 0 bridgehead atoms. The van der Waals surface area contributed by atoms with Gasteiger partial charge in [0.05, 0.1) is 30.4 Å². The highest BCUT2D eigenvalue weighted by Crippen LogP contribution is 2.36. The number of rotatable bonds is 1. The minimum absolute atomic E-state index is 0.231. The summed E-state index contributed by atoms with van der Waals surface area (Å²) in [5, 5.41) is 2.74. The fourth-order valence-corrected chi connectivity index (χ4v) is 2.50. The van der Waals surface area contributed by atoms with E-state index in [1.54, 1.807) is 6.92 Å². The van der Waals surface area contributed by atoms with Crippen LogP contribution in [0.1, 0.15) is 6.92 Å². The van der Waals surface area contributed by atoms with Crippen LogP contribution >= 0.6 is 0 Å². The van der Waals surface area contributed by atoms with E-state index in [-0.39, 0.29) is 24.2 Å². The zero-order valence-corrected chi connectivity index (χ0v) is 10.4. The highest BCUT2D eigenvalue weighted by molar-refractivity contribution is 6.18. The monoisotopic (exact) mass is 264 g/mol. The van der Waals surface area contributed by atoms with Gasteiger partial charge in [-0.2, -0.15) is 0 Å². The summed E-state index contributed by atoms with van der Waals surface area (Å²) < 4.78 is 18.5. The quantitative estimate of drug-likeness (QED) is 0.831. The predicted molar refractivity (Wildman–Crippen MR) is 65.1 cm³/mol. The maximum atomic E-state index is 13.2. The molecule has 0 saturated carbocycles. The second-order valence-electron chi connectivity index (χ2n) is 5.06. The molecule has 100 valence electrons. The standard InChI is InChI=1S/C13H13FN2O3/c1-13-7-19-6-10(13)15-12(18)16(11(13)17)9-4-2-3-8(14)5-9/h2-5,10H,6-7H2,1H3,(H,15,18). The first-order valence-corrected chi connectivity index (χ1v) is 6.01. The average Bonchev–Trinajstić information content (AvgIpc) is 2.72. The van der Waals surface area contributed by atoms with Crippen LogP contribution in [0.4, 0.5) is 14.9 Å². The highest BCUT2D eigenvalue weighted by Gasteiger charge is 2.54. The molecule has 0 aromatic heterocycles. The van der Waals surface area contributed by atoms with Crippen LogP contribution in [-0.2, 0) is 9.53 Å². The fourth-order valence-electron chi connectivity index (χ4n) is 2.50. The predicted octanol–water partition coefficient (Wildman–Crippen LogP) is 1.29. The number of hydrogen-bond donors (Lipinski definition) is 1. The van der Waals surface area contributed by atoms with Gasteiger partial charge in [0.25, 0.3) is 0 Å². The first-order chi connectivity index (χ1) is 9.02. The van der Waals surface area contributed by atoms with E-state index < -0.39 is 17.3 Å². The lowest BCUT2D eigenvalue weighted by atomic mass is 9.82. The zero-order chi connectivity index (χ0) is 13.6. The van der Waals surface area contributed by atoms with E-state index in [0.29, 0.717) is 6.61 Å². The molecule has 0 spiro atoms. The molecule has 3 amide bonds. The molecule has 2 aliphatic heterocycles. The first-order valence-electron chi connectivity index (χ1n) is 6.01. The molecule has 0 aliphatic carbocycles. The van der Waals surface area contributed by atoms with E-state index in [4.69, 9.17) is 4.74 Å². The molecule has 0 radical (unpaired) electrons. The summed E-state index contributed by atoms with van der Waals surface area (Å²) in [6, 6.07) is 4.56. The highest BCUT2D eigenvalue weighted by atomic mass is 19.1. The molecule has 3 rings (SSSR count). The van der Waals surface area contributed by atoms with Crippen LogP contribution in [0, 0.1) is 11.2 Å². The second kappa shape index (κ2) is 4.03. The van der Waals surface area contributed by atoms with Gasteiger partial charge in [-0.05, 0) is 25.1 Å². The third-order valence-corrected chi connectivity index (χ3v) is 3.71. The normalized spacial score (nSPS) is 30.2. The van der Waals surface area contributed by atoms with Crippen molar-refractivity contribution in [2.45, 2.75) is 13.0 Å². The maximum absolute atomic E-state index is 13.2. The number of fused-ring (bicyclic) bond motifs is 1. The third-order valence-electron chi connectivity index (χ3n) is 3.71. The van der Waals surface area contributed by atoms with Gasteiger partial charge in [0, 0.05) is 0 Å². The van der Waals surface area contributed by atoms with Crippen LogP contribution in [0.25, 0.3) is 0 Å². The first kappa shape index (κ1) is 12.1. The number of halogens is 1. The molecule has 6 heteroatoms. The van der Waals surface area contributed by atoms with Crippen molar-refractivity contribution in [3.63, 3.8) is 0 Å². The number of urea groups is 1. The summed E-state index contributed by atoms with van der Waals surface area (Å²) in [7, 11) is 0. The number of carbonyl (C=O) groups excluding carboxylic acids is 2. The molecule has 2 aliphatic rings. The molecule has 2 saturated heterocycles. The maximum Gasteiger partial charge on any atom is 0.329 e. The summed E-state index contributed by atoms with van der Waals surface area (Å²) in [5.74, 6) is -0.850. The van der Waals surface area contributed by atoms with Gasteiger partial charge >= 0.3 is 6.03 Å². The number of carbonyl (C=O) groups is 2. The van der Waals surface area contributed by atoms with E-state index in [0.717, 1.165) is 11.0 Å². The Hall–Kier alpha value is -1.95. The summed E-state index contributed by atoms with van der Waals surface area (Å²) >= 11 is 0. The Morgan fingerprint density at radius 1 is 1.47 bits per heavy atom. The Kier molecular flexibility index (Phi) is 2.56.